The zero-order chi connectivity index (χ0) is 13.0. The van der Waals surface area contributed by atoms with Gasteiger partial charge < -0.3 is 10.6 Å². The monoisotopic (exact) mass is 459 g/mol. The summed E-state index contributed by atoms with van der Waals surface area (Å²) in [5, 5.41) is 0. The normalized spacial score (nSPS) is 16.1. The molecule has 2 N–H and O–H groups in total. The van der Waals surface area contributed by atoms with E-state index < -0.39 is 0 Å². The molecule has 1 heterocycles. The van der Waals surface area contributed by atoms with Crippen molar-refractivity contribution in [3.63, 3.8) is 0 Å². The number of halogens is 3. The fourth-order valence-electron chi connectivity index (χ4n) is 1.72. The zero-order valence-electron chi connectivity index (χ0n) is 10.3. The Hall–Kier alpha value is -0.0200. The Bertz CT molecular complexity index is 453. The van der Waals surface area contributed by atoms with Gasteiger partial charge in [0.05, 0.1) is 6.54 Å². The standard InChI is InChI=1S/C12H15BrFN3S.HI/c13-10-1-2-11(14)9(7-10)8-16-12(15)17-3-5-18-6-4-17;/h1-2,7H,3-6,8H2,(H2,15,16);1H. The average molecular weight is 460 g/mol. The third kappa shape index (κ3) is 5.11. The molecular weight excluding hydrogens is 444 g/mol. The summed E-state index contributed by atoms with van der Waals surface area (Å²) in [5.41, 5.74) is 6.47. The summed E-state index contributed by atoms with van der Waals surface area (Å²) < 4.78 is 14.4. The molecule has 0 aliphatic carbocycles. The fourth-order valence-corrected chi connectivity index (χ4v) is 3.03. The number of thioether (sulfide) groups is 1. The molecule has 1 saturated heterocycles. The van der Waals surface area contributed by atoms with Crippen molar-refractivity contribution in [3.8, 4) is 0 Å². The molecule has 1 aromatic rings. The highest BCUT2D eigenvalue weighted by Gasteiger charge is 2.12. The number of hydrogen-bond acceptors (Lipinski definition) is 2. The van der Waals surface area contributed by atoms with Crippen LogP contribution in [0.3, 0.4) is 0 Å². The molecule has 1 aliphatic rings. The summed E-state index contributed by atoms with van der Waals surface area (Å²) in [4.78, 5) is 6.32. The largest absolute Gasteiger partial charge is 0.370 e. The van der Waals surface area contributed by atoms with E-state index in [-0.39, 0.29) is 36.3 Å². The lowest BCUT2D eigenvalue weighted by Crippen LogP contribution is -2.42. The summed E-state index contributed by atoms with van der Waals surface area (Å²) in [7, 11) is 0. The second kappa shape index (κ2) is 8.31. The van der Waals surface area contributed by atoms with Gasteiger partial charge in [-0.2, -0.15) is 11.8 Å². The fraction of sp³-hybridized carbons (Fsp3) is 0.417. The Balaban J connectivity index is 0.00000180. The number of hydrogen-bond donors (Lipinski definition) is 1. The Kier molecular flexibility index (Phi) is 7.45. The second-order valence-corrected chi connectivity index (χ2v) is 6.15. The minimum absolute atomic E-state index is 0. The van der Waals surface area contributed by atoms with E-state index in [4.69, 9.17) is 5.73 Å². The quantitative estimate of drug-likeness (QED) is 0.419. The van der Waals surface area contributed by atoms with Crippen LogP contribution in [-0.2, 0) is 6.54 Å². The van der Waals surface area contributed by atoms with E-state index in [9.17, 15) is 4.39 Å². The lowest BCUT2D eigenvalue weighted by atomic mass is 10.2. The molecule has 0 aromatic heterocycles. The van der Waals surface area contributed by atoms with Crippen LogP contribution in [0.25, 0.3) is 0 Å². The van der Waals surface area contributed by atoms with Crippen LogP contribution in [0.1, 0.15) is 5.56 Å². The van der Waals surface area contributed by atoms with E-state index in [1.54, 1.807) is 12.1 Å². The first kappa shape index (κ1) is 17.0. The summed E-state index contributed by atoms with van der Waals surface area (Å²) in [5.74, 6) is 2.40. The average Bonchev–Trinajstić information content (AvgIpc) is 2.40. The molecule has 0 saturated carbocycles. The minimum Gasteiger partial charge on any atom is -0.370 e. The van der Waals surface area contributed by atoms with Gasteiger partial charge in [0.25, 0.3) is 0 Å². The lowest BCUT2D eigenvalue weighted by molar-refractivity contribution is 0.455. The van der Waals surface area contributed by atoms with E-state index >= 15 is 0 Å². The molecule has 0 atom stereocenters. The van der Waals surface area contributed by atoms with Crippen molar-refractivity contribution in [2.75, 3.05) is 24.6 Å². The Morgan fingerprint density at radius 3 is 2.79 bits per heavy atom. The van der Waals surface area contributed by atoms with Crippen LogP contribution in [0, 0.1) is 5.82 Å². The van der Waals surface area contributed by atoms with E-state index in [0.29, 0.717) is 11.5 Å². The molecule has 0 amide bonds. The summed E-state index contributed by atoms with van der Waals surface area (Å²) in [6.45, 7) is 2.11. The number of nitrogens with zero attached hydrogens (tertiary/aromatic N) is 2. The molecular formula is C12H16BrFIN3S. The van der Waals surface area contributed by atoms with Crippen molar-refractivity contribution in [3.05, 3.63) is 34.1 Å². The van der Waals surface area contributed by atoms with Crippen LogP contribution in [-0.4, -0.2) is 35.5 Å². The lowest BCUT2D eigenvalue weighted by Gasteiger charge is -2.27. The van der Waals surface area contributed by atoms with Crippen molar-refractivity contribution >= 4 is 57.6 Å². The van der Waals surface area contributed by atoms with Gasteiger partial charge in [0, 0.05) is 34.6 Å². The molecule has 0 spiro atoms. The summed E-state index contributed by atoms with van der Waals surface area (Å²) >= 11 is 5.24. The first-order valence-corrected chi connectivity index (χ1v) is 7.68. The second-order valence-electron chi connectivity index (χ2n) is 4.01. The predicted molar refractivity (Wildman–Crippen MR) is 93.7 cm³/mol. The Morgan fingerprint density at radius 1 is 1.42 bits per heavy atom. The topological polar surface area (TPSA) is 41.6 Å². The highest BCUT2D eigenvalue weighted by Crippen LogP contribution is 2.16. The van der Waals surface area contributed by atoms with Crippen molar-refractivity contribution in [2.24, 2.45) is 10.7 Å². The maximum absolute atomic E-state index is 13.5. The molecule has 0 unspecified atom stereocenters. The van der Waals surface area contributed by atoms with Crippen LogP contribution in [0.2, 0.25) is 0 Å². The van der Waals surface area contributed by atoms with E-state index in [0.717, 1.165) is 29.1 Å². The maximum Gasteiger partial charge on any atom is 0.191 e. The van der Waals surface area contributed by atoms with Crippen LogP contribution < -0.4 is 5.73 Å². The van der Waals surface area contributed by atoms with Gasteiger partial charge in [0.2, 0.25) is 0 Å². The molecule has 3 nitrogen and oxygen atoms in total. The Morgan fingerprint density at radius 2 is 2.11 bits per heavy atom. The number of benzene rings is 1. The molecule has 19 heavy (non-hydrogen) atoms. The molecule has 1 aliphatic heterocycles. The van der Waals surface area contributed by atoms with Crippen LogP contribution in [0.15, 0.2) is 27.7 Å². The van der Waals surface area contributed by atoms with Gasteiger partial charge in [-0.15, -0.1) is 24.0 Å². The highest BCUT2D eigenvalue weighted by molar-refractivity contribution is 14.0. The molecule has 106 valence electrons. The van der Waals surface area contributed by atoms with Gasteiger partial charge in [0.15, 0.2) is 5.96 Å². The maximum atomic E-state index is 13.5. The van der Waals surface area contributed by atoms with Crippen LogP contribution in [0.5, 0.6) is 0 Å². The molecule has 0 radical (unpaired) electrons. The first-order valence-electron chi connectivity index (χ1n) is 5.73. The number of aliphatic imine (C=N–C) groups is 1. The van der Waals surface area contributed by atoms with Crippen LogP contribution in [0.4, 0.5) is 4.39 Å². The SMILES string of the molecule is I.NC(=NCc1cc(Br)ccc1F)N1CCSCC1. The third-order valence-electron chi connectivity index (χ3n) is 2.75. The van der Waals surface area contributed by atoms with Crippen molar-refractivity contribution < 1.29 is 4.39 Å². The van der Waals surface area contributed by atoms with Gasteiger partial charge in [0.1, 0.15) is 5.82 Å². The minimum atomic E-state index is -0.246. The van der Waals surface area contributed by atoms with E-state index in [1.807, 2.05) is 16.7 Å². The summed E-state index contributed by atoms with van der Waals surface area (Å²) in [6.07, 6.45) is 0. The third-order valence-corrected chi connectivity index (χ3v) is 4.19. The van der Waals surface area contributed by atoms with Crippen molar-refractivity contribution in [1.82, 2.24) is 4.90 Å². The predicted octanol–water partition coefficient (Wildman–Crippen LogP) is 3.07. The molecule has 1 fully saturated rings. The van der Waals surface area contributed by atoms with Crippen LogP contribution >= 0.6 is 51.7 Å². The van der Waals surface area contributed by atoms with E-state index in [1.165, 1.54) is 6.07 Å². The van der Waals surface area contributed by atoms with Gasteiger partial charge in [-0.3, -0.25) is 0 Å². The number of guanidine groups is 1. The first-order chi connectivity index (χ1) is 8.66. The molecule has 0 bridgehead atoms. The van der Waals surface area contributed by atoms with Gasteiger partial charge in [-0.05, 0) is 18.2 Å². The van der Waals surface area contributed by atoms with Gasteiger partial charge >= 0.3 is 0 Å². The summed E-state index contributed by atoms with van der Waals surface area (Å²) in [6, 6.07) is 4.84. The molecule has 2 rings (SSSR count). The van der Waals surface area contributed by atoms with E-state index in [2.05, 4.69) is 20.9 Å². The molecule has 1 aromatic carbocycles. The number of nitrogens with two attached hydrogens (primary N) is 1. The van der Waals surface area contributed by atoms with Crippen molar-refractivity contribution in [1.29, 1.82) is 0 Å². The van der Waals surface area contributed by atoms with Gasteiger partial charge in [-0.1, -0.05) is 15.9 Å². The van der Waals surface area contributed by atoms with Crippen molar-refractivity contribution in [2.45, 2.75) is 6.54 Å². The van der Waals surface area contributed by atoms with Gasteiger partial charge in [-0.25, -0.2) is 9.38 Å². The zero-order valence-corrected chi connectivity index (χ0v) is 15.0. The number of rotatable bonds is 2. The Labute approximate surface area is 142 Å². The highest BCUT2D eigenvalue weighted by atomic mass is 127. The molecule has 7 heteroatoms. The smallest absolute Gasteiger partial charge is 0.191 e.